The molecule has 1 aliphatic rings. The van der Waals surface area contributed by atoms with E-state index < -0.39 is 23.5 Å². The number of alkyl halides is 3. The van der Waals surface area contributed by atoms with Gasteiger partial charge < -0.3 is 15.2 Å². The highest BCUT2D eigenvalue weighted by molar-refractivity contribution is 5.99. The van der Waals surface area contributed by atoms with E-state index in [9.17, 15) is 32.3 Å². The minimum atomic E-state index is -4.58. The molecule has 0 saturated heterocycles. The van der Waals surface area contributed by atoms with Crippen molar-refractivity contribution in [3.05, 3.63) is 94.3 Å². The number of carbonyl (C=O) groups excluding carboxylic acids is 1. The average Bonchev–Trinajstić information content (AvgIpc) is 3.32. The molecule has 1 amide bonds. The van der Waals surface area contributed by atoms with Gasteiger partial charge in [0, 0.05) is 18.2 Å². The Balaban J connectivity index is 1.82. The van der Waals surface area contributed by atoms with Gasteiger partial charge in [-0.1, -0.05) is 12.1 Å². The maximum Gasteiger partial charge on any atom is 0.416 e. The van der Waals surface area contributed by atoms with Gasteiger partial charge >= 0.3 is 12.1 Å². The van der Waals surface area contributed by atoms with Crippen molar-refractivity contribution in [2.45, 2.75) is 39.0 Å². The van der Waals surface area contributed by atoms with Gasteiger partial charge in [-0.2, -0.15) is 13.2 Å². The van der Waals surface area contributed by atoms with Gasteiger partial charge in [-0.15, -0.1) is 0 Å². The molecule has 1 aliphatic carbocycles. The molecule has 0 unspecified atom stereocenters. The zero-order chi connectivity index (χ0) is 26.7. The monoisotopic (exact) mass is 513 g/mol. The number of benzene rings is 3. The first-order valence-electron chi connectivity index (χ1n) is 11.5. The molecule has 0 aliphatic heterocycles. The SMILES string of the molecule is CC(=O)Nc1cc(C(=O)O)cc(C2=C(c3cc(C(F)(F)F)ccc3OCc3ccc(F)cc3)CCC2)c1. The van der Waals surface area contributed by atoms with E-state index in [-0.39, 0.29) is 35.1 Å². The molecule has 0 aromatic heterocycles. The van der Waals surface area contributed by atoms with Crippen LogP contribution >= 0.6 is 0 Å². The summed E-state index contributed by atoms with van der Waals surface area (Å²) in [6, 6.07) is 13.2. The number of carbonyl (C=O) groups is 2. The fourth-order valence-electron chi connectivity index (χ4n) is 4.37. The lowest BCUT2D eigenvalue weighted by Crippen LogP contribution is -2.08. The Hall–Kier alpha value is -4.14. The van der Waals surface area contributed by atoms with Crippen molar-refractivity contribution in [2.75, 3.05) is 5.32 Å². The predicted octanol–water partition coefficient (Wildman–Crippen LogP) is 7.17. The first-order valence-corrected chi connectivity index (χ1v) is 11.5. The number of halogens is 4. The molecule has 5 nitrogen and oxygen atoms in total. The third-order valence-corrected chi connectivity index (χ3v) is 6.01. The Kier molecular flexibility index (Phi) is 7.33. The summed E-state index contributed by atoms with van der Waals surface area (Å²) in [6.45, 7) is 1.31. The summed E-state index contributed by atoms with van der Waals surface area (Å²) in [5, 5.41) is 12.1. The number of nitrogens with one attached hydrogen (secondary N) is 1. The van der Waals surface area contributed by atoms with E-state index in [4.69, 9.17) is 4.74 Å². The summed E-state index contributed by atoms with van der Waals surface area (Å²) < 4.78 is 60.0. The van der Waals surface area contributed by atoms with Gasteiger partial charge in [0.05, 0.1) is 11.1 Å². The highest BCUT2D eigenvalue weighted by Crippen LogP contribution is 2.45. The van der Waals surface area contributed by atoms with Crippen LogP contribution < -0.4 is 10.1 Å². The standard InChI is InChI=1S/C28H23F4NO4/c1-16(34)33-22-12-18(11-19(13-22)27(35)36)23-3-2-4-24(23)25-14-20(28(30,31)32)7-10-26(25)37-15-17-5-8-21(29)9-6-17/h5-14H,2-4,15H2,1H3,(H,33,34)(H,35,36). The van der Waals surface area contributed by atoms with E-state index in [1.54, 1.807) is 6.07 Å². The Morgan fingerprint density at radius 1 is 0.973 bits per heavy atom. The molecule has 4 rings (SSSR count). The van der Waals surface area contributed by atoms with Crippen LogP contribution in [-0.2, 0) is 17.6 Å². The molecule has 2 N–H and O–H groups in total. The number of amides is 1. The number of aromatic carboxylic acids is 1. The number of carboxylic acid groups (broad SMARTS) is 1. The predicted molar refractivity (Wildman–Crippen MR) is 131 cm³/mol. The van der Waals surface area contributed by atoms with Crippen molar-refractivity contribution >= 4 is 28.7 Å². The van der Waals surface area contributed by atoms with Crippen LogP contribution in [0.5, 0.6) is 5.75 Å². The van der Waals surface area contributed by atoms with Crippen molar-refractivity contribution in [2.24, 2.45) is 0 Å². The fraction of sp³-hybridized carbons (Fsp3) is 0.214. The molecule has 0 bridgehead atoms. The van der Waals surface area contributed by atoms with Crippen molar-refractivity contribution in [1.82, 2.24) is 0 Å². The zero-order valence-corrected chi connectivity index (χ0v) is 19.8. The van der Waals surface area contributed by atoms with Crippen LogP contribution in [0.25, 0.3) is 11.1 Å². The van der Waals surface area contributed by atoms with Gasteiger partial charge in [0.1, 0.15) is 18.2 Å². The van der Waals surface area contributed by atoms with E-state index >= 15 is 0 Å². The second-order valence-electron chi connectivity index (χ2n) is 8.72. The lowest BCUT2D eigenvalue weighted by molar-refractivity contribution is -0.137. The molecule has 0 radical (unpaired) electrons. The van der Waals surface area contributed by atoms with Crippen LogP contribution in [0.2, 0.25) is 0 Å². The minimum absolute atomic E-state index is 0.0163. The Bertz CT molecular complexity index is 1380. The summed E-state index contributed by atoms with van der Waals surface area (Å²) in [7, 11) is 0. The molecular formula is C28H23F4NO4. The van der Waals surface area contributed by atoms with Gasteiger partial charge in [0.2, 0.25) is 5.91 Å². The zero-order valence-electron chi connectivity index (χ0n) is 19.8. The quantitative estimate of drug-likeness (QED) is 0.328. The maximum atomic E-state index is 13.6. The van der Waals surface area contributed by atoms with Crippen LogP contribution in [0, 0.1) is 5.82 Å². The van der Waals surface area contributed by atoms with Crippen LogP contribution in [0.4, 0.5) is 23.2 Å². The molecule has 9 heteroatoms. The molecule has 3 aromatic carbocycles. The highest BCUT2D eigenvalue weighted by atomic mass is 19.4. The van der Waals surface area contributed by atoms with Crippen LogP contribution in [0.3, 0.4) is 0 Å². The van der Waals surface area contributed by atoms with Crippen LogP contribution in [0.1, 0.15) is 58.8 Å². The normalized spacial score (nSPS) is 13.5. The summed E-state index contributed by atoms with van der Waals surface area (Å²) in [6.07, 6.45) is -2.97. The number of rotatable bonds is 7. The molecule has 0 atom stereocenters. The molecule has 192 valence electrons. The molecule has 0 spiro atoms. The smallest absolute Gasteiger partial charge is 0.416 e. The van der Waals surface area contributed by atoms with Crippen molar-refractivity contribution in [3.63, 3.8) is 0 Å². The average molecular weight is 513 g/mol. The Morgan fingerprint density at radius 2 is 1.68 bits per heavy atom. The van der Waals surface area contributed by atoms with E-state index in [2.05, 4.69) is 5.32 Å². The number of carboxylic acids is 1. The van der Waals surface area contributed by atoms with Gasteiger partial charge in [0.25, 0.3) is 0 Å². The molecular weight excluding hydrogens is 490 g/mol. The Labute approximate surface area is 210 Å². The van der Waals surface area contributed by atoms with E-state index in [1.807, 2.05) is 0 Å². The van der Waals surface area contributed by atoms with Crippen molar-refractivity contribution in [3.8, 4) is 5.75 Å². The molecule has 0 saturated carbocycles. The molecule has 0 heterocycles. The maximum absolute atomic E-state index is 13.6. The van der Waals surface area contributed by atoms with Crippen LogP contribution in [0.15, 0.2) is 60.7 Å². The molecule has 3 aromatic rings. The number of ether oxygens (including phenoxy) is 1. The fourth-order valence-corrected chi connectivity index (χ4v) is 4.37. The minimum Gasteiger partial charge on any atom is -0.488 e. The highest BCUT2D eigenvalue weighted by Gasteiger charge is 2.32. The molecule has 37 heavy (non-hydrogen) atoms. The van der Waals surface area contributed by atoms with Gasteiger partial charge in [-0.3, -0.25) is 4.79 Å². The van der Waals surface area contributed by atoms with Gasteiger partial charge in [-0.05, 0) is 90.1 Å². The lowest BCUT2D eigenvalue weighted by atomic mass is 9.93. The summed E-state index contributed by atoms with van der Waals surface area (Å²) >= 11 is 0. The van der Waals surface area contributed by atoms with Gasteiger partial charge in [0.15, 0.2) is 0 Å². The number of anilines is 1. The first kappa shape index (κ1) is 25.9. The van der Waals surface area contributed by atoms with Gasteiger partial charge in [-0.25, -0.2) is 9.18 Å². The summed E-state index contributed by atoms with van der Waals surface area (Å²) in [5.74, 6) is -1.77. The number of hydrogen-bond donors (Lipinski definition) is 2. The second kappa shape index (κ2) is 10.5. The topological polar surface area (TPSA) is 75.6 Å². The van der Waals surface area contributed by atoms with Crippen molar-refractivity contribution < 1.29 is 37.0 Å². The number of allylic oxidation sites excluding steroid dienone is 2. The van der Waals surface area contributed by atoms with Crippen molar-refractivity contribution in [1.29, 1.82) is 0 Å². The van der Waals surface area contributed by atoms with E-state index in [0.29, 0.717) is 41.5 Å². The third kappa shape index (κ3) is 6.17. The van der Waals surface area contributed by atoms with Crippen LogP contribution in [-0.4, -0.2) is 17.0 Å². The Morgan fingerprint density at radius 3 is 2.32 bits per heavy atom. The largest absolute Gasteiger partial charge is 0.488 e. The van der Waals surface area contributed by atoms with E-state index in [0.717, 1.165) is 12.1 Å². The third-order valence-electron chi connectivity index (χ3n) is 6.01. The summed E-state index contributed by atoms with van der Waals surface area (Å²) in [5.41, 5.74) is 2.06. The first-order chi connectivity index (χ1) is 17.5. The second-order valence-corrected chi connectivity index (χ2v) is 8.72. The molecule has 0 fully saturated rings. The van der Waals surface area contributed by atoms with E-state index in [1.165, 1.54) is 49.4 Å². The summed E-state index contributed by atoms with van der Waals surface area (Å²) in [4.78, 5) is 23.3. The number of hydrogen-bond acceptors (Lipinski definition) is 3. The lowest BCUT2D eigenvalue weighted by Gasteiger charge is -2.18.